The minimum absolute atomic E-state index is 0.0159. The molecule has 1 fully saturated rings. The van der Waals surface area contributed by atoms with Gasteiger partial charge in [0, 0.05) is 6.61 Å². The number of epoxide rings is 1. The number of rotatable bonds is 7. The highest BCUT2D eigenvalue weighted by Crippen LogP contribution is 2.40. The summed E-state index contributed by atoms with van der Waals surface area (Å²) in [5, 5.41) is 11.7. The second kappa shape index (κ2) is 7.65. The average molecular weight is 371 g/mol. The van der Waals surface area contributed by atoms with Crippen molar-refractivity contribution in [3.63, 3.8) is 0 Å². The Labute approximate surface area is 158 Å². The number of hydrogen-bond acceptors (Lipinski definition) is 3. The van der Waals surface area contributed by atoms with E-state index in [2.05, 4.69) is 88.4 Å². The Hall–Kier alpha value is -1.46. The molecular formula is C22H30O3Si. The zero-order chi connectivity index (χ0) is 18.8. The number of ether oxygens (including phenoxy) is 1. The van der Waals surface area contributed by atoms with Crippen LogP contribution < -0.4 is 10.4 Å². The lowest BCUT2D eigenvalue weighted by Gasteiger charge is -2.44. The van der Waals surface area contributed by atoms with E-state index in [1.54, 1.807) is 0 Å². The molecule has 1 heterocycles. The van der Waals surface area contributed by atoms with Crippen LogP contribution in [-0.2, 0) is 9.16 Å². The van der Waals surface area contributed by atoms with Gasteiger partial charge in [0.05, 0.1) is 12.2 Å². The van der Waals surface area contributed by atoms with Gasteiger partial charge in [-0.1, -0.05) is 81.4 Å². The van der Waals surface area contributed by atoms with Crippen LogP contribution in [0.15, 0.2) is 60.7 Å². The minimum Gasteiger partial charge on any atom is -0.402 e. The molecule has 3 nitrogen and oxygen atoms in total. The van der Waals surface area contributed by atoms with Crippen molar-refractivity contribution in [2.45, 2.75) is 57.5 Å². The Morgan fingerprint density at radius 3 is 1.92 bits per heavy atom. The highest BCUT2D eigenvalue weighted by atomic mass is 28.4. The Bertz CT molecular complexity index is 657. The molecule has 0 unspecified atom stereocenters. The molecule has 1 aliphatic rings. The quantitative estimate of drug-likeness (QED) is 0.601. The van der Waals surface area contributed by atoms with Crippen LogP contribution in [-0.4, -0.2) is 38.3 Å². The molecule has 26 heavy (non-hydrogen) atoms. The van der Waals surface area contributed by atoms with Gasteiger partial charge in [0.15, 0.2) is 0 Å². The maximum atomic E-state index is 9.18. The second-order valence-electron chi connectivity index (χ2n) is 8.14. The van der Waals surface area contributed by atoms with Crippen LogP contribution >= 0.6 is 0 Å². The van der Waals surface area contributed by atoms with E-state index < -0.39 is 8.32 Å². The smallest absolute Gasteiger partial charge is 0.261 e. The molecule has 2 aromatic carbocycles. The number of aliphatic hydroxyl groups excluding tert-OH is 1. The van der Waals surface area contributed by atoms with E-state index in [4.69, 9.17) is 9.16 Å². The summed E-state index contributed by atoms with van der Waals surface area (Å²) in [4.78, 5) is 0. The molecule has 4 heteroatoms. The van der Waals surface area contributed by atoms with E-state index in [1.165, 1.54) is 10.4 Å². The Balaban J connectivity index is 2.04. The maximum absolute atomic E-state index is 9.18. The molecule has 1 N–H and O–H groups in total. The molecule has 0 aromatic heterocycles. The zero-order valence-electron chi connectivity index (χ0n) is 16.2. The van der Waals surface area contributed by atoms with Crippen LogP contribution in [0.5, 0.6) is 0 Å². The molecule has 0 saturated carbocycles. The molecule has 140 valence electrons. The Morgan fingerprint density at radius 1 is 1.00 bits per heavy atom. The summed E-state index contributed by atoms with van der Waals surface area (Å²) in [6.45, 7) is 9.12. The maximum Gasteiger partial charge on any atom is 0.261 e. The zero-order valence-corrected chi connectivity index (χ0v) is 17.2. The Morgan fingerprint density at radius 2 is 1.50 bits per heavy atom. The van der Waals surface area contributed by atoms with Crippen LogP contribution in [0.1, 0.15) is 34.1 Å². The van der Waals surface area contributed by atoms with Gasteiger partial charge in [0.25, 0.3) is 8.32 Å². The van der Waals surface area contributed by atoms with Gasteiger partial charge in [-0.05, 0) is 28.8 Å². The summed E-state index contributed by atoms with van der Waals surface area (Å²) in [6, 6.07) is 21.3. The number of aliphatic hydroxyl groups is 1. The van der Waals surface area contributed by atoms with Crippen molar-refractivity contribution in [2.24, 2.45) is 0 Å². The lowest BCUT2D eigenvalue weighted by molar-refractivity contribution is 0.164. The third-order valence-electron chi connectivity index (χ3n) is 5.28. The summed E-state index contributed by atoms with van der Waals surface area (Å²) in [5.41, 5.74) is 0. The van der Waals surface area contributed by atoms with E-state index in [9.17, 15) is 5.11 Å². The van der Waals surface area contributed by atoms with E-state index >= 15 is 0 Å². The van der Waals surface area contributed by atoms with Crippen molar-refractivity contribution < 1.29 is 14.3 Å². The minimum atomic E-state index is -2.53. The highest BCUT2D eigenvalue weighted by molar-refractivity contribution is 6.99. The van der Waals surface area contributed by atoms with Crippen LogP contribution in [0.2, 0.25) is 5.04 Å². The fraction of sp³-hybridized carbons (Fsp3) is 0.455. The van der Waals surface area contributed by atoms with Crippen LogP contribution in [0.25, 0.3) is 0 Å². The lowest BCUT2D eigenvalue weighted by Crippen LogP contribution is -2.68. The van der Waals surface area contributed by atoms with E-state index in [1.807, 2.05) is 0 Å². The summed E-state index contributed by atoms with van der Waals surface area (Å²) in [5.74, 6) is 0. The first-order chi connectivity index (χ1) is 12.4. The fourth-order valence-corrected chi connectivity index (χ4v) is 8.67. The molecule has 0 aliphatic carbocycles. The molecule has 3 rings (SSSR count). The van der Waals surface area contributed by atoms with Crippen molar-refractivity contribution in [2.75, 3.05) is 6.61 Å². The molecule has 2 aromatic rings. The van der Waals surface area contributed by atoms with Gasteiger partial charge in [-0.3, -0.25) is 0 Å². The fourth-order valence-electron chi connectivity index (χ4n) is 3.97. The SMILES string of the molecule is C[C@H](O[Si](c1ccccc1)(c1ccccc1)C(C)(C)C)[C@@H]1O[C@H]1CCO. The van der Waals surface area contributed by atoms with Crippen LogP contribution in [0.3, 0.4) is 0 Å². The van der Waals surface area contributed by atoms with Gasteiger partial charge >= 0.3 is 0 Å². The Kier molecular flexibility index (Phi) is 5.68. The highest BCUT2D eigenvalue weighted by Gasteiger charge is 2.54. The van der Waals surface area contributed by atoms with Gasteiger partial charge in [0.1, 0.15) is 6.10 Å². The second-order valence-corrected chi connectivity index (χ2v) is 12.4. The first-order valence-electron chi connectivity index (χ1n) is 9.45. The van der Waals surface area contributed by atoms with Crippen LogP contribution in [0.4, 0.5) is 0 Å². The molecule has 0 radical (unpaired) electrons. The van der Waals surface area contributed by atoms with E-state index in [0.29, 0.717) is 6.42 Å². The first kappa shape index (κ1) is 19.3. The van der Waals surface area contributed by atoms with Crippen molar-refractivity contribution in [1.82, 2.24) is 0 Å². The summed E-state index contributed by atoms with van der Waals surface area (Å²) in [7, 11) is -2.53. The first-order valence-corrected chi connectivity index (χ1v) is 11.4. The predicted octanol–water partition coefficient (Wildman–Crippen LogP) is 3.10. The van der Waals surface area contributed by atoms with Crippen LogP contribution in [0, 0.1) is 0 Å². The summed E-state index contributed by atoms with van der Waals surface area (Å²) in [6.07, 6.45) is 0.855. The molecule has 1 saturated heterocycles. The molecular weight excluding hydrogens is 340 g/mol. The number of benzene rings is 2. The van der Waals surface area contributed by atoms with Gasteiger partial charge in [0.2, 0.25) is 0 Å². The van der Waals surface area contributed by atoms with E-state index in [-0.39, 0.29) is 30.0 Å². The monoisotopic (exact) mass is 370 g/mol. The number of hydrogen-bond donors (Lipinski definition) is 1. The topological polar surface area (TPSA) is 42.0 Å². The van der Waals surface area contributed by atoms with Crippen molar-refractivity contribution >= 4 is 18.7 Å². The third kappa shape index (κ3) is 3.65. The van der Waals surface area contributed by atoms with Gasteiger partial charge < -0.3 is 14.3 Å². The summed E-state index contributed by atoms with van der Waals surface area (Å²) >= 11 is 0. The molecule has 0 spiro atoms. The molecule has 0 bridgehead atoms. The van der Waals surface area contributed by atoms with Gasteiger partial charge in [-0.25, -0.2) is 0 Å². The average Bonchev–Trinajstić information content (AvgIpc) is 3.40. The van der Waals surface area contributed by atoms with Gasteiger partial charge in [-0.15, -0.1) is 0 Å². The largest absolute Gasteiger partial charge is 0.402 e. The summed E-state index contributed by atoms with van der Waals surface area (Å²) < 4.78 is 12.8. The normalized spacial score (nSPS) is 21.4. The molecule has 3 atom stereocenters. The predicted molar refractivity (Wildman–Crippen MR) is 109 cm³/mol. The third-order valence-corrected chi connectivity index (χ3v) is 10.4. The standard InChI is InChI=1S/C22H30O3Si/c1-17(21-20(24-21)15-16-23)25-26(22(2,3)4,18-11-7-5-8-12-18)19-13-9-6-10-14-19/h5-14,17,20-21,23H,15-16H2,1-4H3/t17-,20-,21-/m0/s1. The van der Waals surface area contributed by atoms with Crippen molar-refractivity contribution in [3.05, 3.63) is 60.7 Å². The van der Waals surface area contributed by atoms with E-state index in [0.717, 1.165) is 0 Å². The van der Waals surface area contributed by atoms with Gasteiger partial charge in [-0.2, -0.15) is 0 Å². The van der Waals surface area contributed by atoms with Crippen molar-refractivity contribution in [1.29, 1.82) is 0 Å². The molecule has 1 aliphatic heterocycles. The lowest BCUT2D eigenvalue weighted by atomic mass is 10.2. The molecule has 0 amide bonds. The van der Waals surface area contributed by atoms with Crippen molar-refractivity contribution in [3.8, 4) is 0 Å².